The van der Waals surface area contributed by atoms with E-state index in [0.29, 0.717) is 16.2 Å². The van der Waals surface area contributed by atoms with E-state index < -0.39 is 0 Å². The number of nitrogens with one attached hydrogen (secondary N) is 1. The zero-order valence-corrected chi connectivity index (χ0v) is 9.35. The summed E-state index contributed by atoms with van der Waals surface area (Å²) in [6, 6.07) is 5.66. The molecule has 0 atom stereocenters. The Morgan fingerprint density at radius 1 is 1.47 bits per heavy atom. The summed E-state index contributed by atoms with van der Waals surface area (Å²) in [5.74, 6) is 0. The number of halogens is 1. The lowest BCUT2D eigenvalue weighted by Gasteiger charge is -2.01. The second kappa shape index (κ2) is 4.51. The predicted octanol–water partition coefficient (Wildman–Crippen LogP) is 2.78. The van der Waals surface area contributed by atoms with E-state index in [0.717, 1.165) is 11.1 Å². The van der Waals surface area contributed by atoms with Gasteiger partial charge in [0.2, 0.25) is 0 Å². The first-order chi connectivity index (χ1) is 7.25. The highest BCUT2D eigenvalue weighted by Crippen LogP contribution is 2.12. The first-order valence-corrected chi connectivity index (χ1v) is 5.17. The van der Waals surface area contributed by atoms with Gasteiger partial charge >= 0.3 is 0 Å². The minimum Gasteiger partial charge on any atom is -0.266 e. The molecule has 0 aliphatic rings. The van der Waals surface area contributed by atoms with Crippen LogP contribution in [-0.2, 0) is 6.42 Å². The van der Waals surface area contributed by atoms with Crippen molar-refractivity contribution in [3.8, 4) is 0 Å². The second-order valence-electron chi connectivity index (χ2n) is 3.08. The molecule has 76 valence electrons. The van der Waals surface area contributed by atoms with Gasteiger partial charge in [-0.1, -0.05) is 29.9 Å². The van der Waals surface area contributed by atoms with Gasteiger partial charge in [0.25, 0.3) is 0 Å². The van der Waals surface area contributed by atoms with E-state index in [4.69, 9.17) is 23.8 Å². The molecular weight excluding hydrogens is 230 g/mol. The minimum absolute atomic E-state index is 0.419. The van der Waals surface area contributed by atoms with Gasteiger partial charge in [0.15, 0.2) is 0 Å². The van der Waals surface area contributed by atoms with Crippen LogP contribution in [0, 0.1) is 4.64 Å². The van der Waals surface area contributed by atoms with Crippen LogP contribution in [0.3, 0.4) is 0 Å². The third-order valence-corrected chi connectivity index (χ3v) is 2.51. The summed E-state index contributed by atoms with van der Waals surface area (Å²) in [6.07, 6.45) is 4.26. The molecule has 0 amide bonds. The van der Waals surface area contributed by atoms with Crippen molar-refractivity contribution in [2.45, 2.75) is 6.42 Å². The molecule has 2 rings (SSSR count). The van der Waals surface area contributed by atoms with Crippen LogP contribution in [-0.4, -0.2) is 15.2 Å². The van der Waals surface area contributed by atoms with Gasteiger partial charge < -0.3 is 0 Å². The molecule has 0 saturated heterocycles. The molecule has 1 N–H and O–H groups in total. The van der Waals surface area contributed by atoms with E-state index in [1.54, 1.807) is 12.3 Å². The van der Waals surface area contributed by atoms with Crippen LogP contribution < -0.4 is 0 Å². The van der Waals surface area contributed by atoms with Gasteiger partial charge in [0.1, 0.15) is 9.79 Å². The SMILES string of the molecule is S=c1[nH]nc(Cl)cc1Cc1cccnc1. The summed E-state index contributed by atoms with van der Waals surface area (Å²) in [6.45, 7) is 0. The maximum Gasteiger partial charge on any atom is 0.149 e. The van der Waals surface area contributed by atoms with E-state index in [2.05, 4.69) is 15.2 Å². The van der Waals surface area contributed by atoms with Gasteiger partial charge in [-0.15, -0.1) is 0 Å². The van der Waals surface area contributed by atoms with Crippen LogP contribution in [0.5, 0.6) is 0 Å². The number of rotatable bonds is 2. The minimum atomic E-state index is 0.419. The molecule has 0 aliphatic carbocycles. The lowest BCUT2D eigenvalue weighted by molar-refractivity contribution is 0.975. The Kier molecular flexibility index (Phi) is 3.08. The number of nitrogens with zero attached hydrogens (tertiary/aromatic N) is 2. The molecular formula is C10H8ClN3S. The standard InChI is InChI=1S/C10H8ClN3S/c11-9-5-8(10(15)14-13-9)4-7-2-1-3-12-6-7/h1-3,5-6H,4H2,(H,14,15). The van der Waals surface area contributed by atoms with Gasteiger partial charge in [-0.2, -0.15) is 5.10 Å². The van der Waals surface area contributed by atoms with Crippen LogP contribution in [0.1, 0.15) is 11.1 Å². The Bertz CT molecular complexity index is 510. The third kappa shape index (κ3) is 2.61. The fraction of sp³-hybridized carbons (Fsp3) is 0.100. The van der Waals surface area contributed by atoms with Crippen LogP contribution in [0.15, 0.2) is 30.6 Å². The summed E-state index contributed by atoms with van der Waals surface area (Å²) in [5.41, 5.74) is 2.05. The van der Waals surface area contributed by atoms with Crippen molar-refractivity contribution < 1.29 is 0 Å². The zero-order valence-electron chi connectivity index (χ0n) is 7.77. The summed E-state index contributed by atoms with van der Waals surface area (Å²) >= 11 is 10.9. The number of hydrogen-bond donors (Lipinski definition) is 1. The van der Waals surface area contributed by atoms with E-state index >= 15 is 0 Å². The monoisotopic (exact) mass is 237 g/mol. The normalized spacial score (nSPS) is 10.2. The van der Waals surface area contributed by atoms with Crippen molar-refractivity contribution in [3.63, 3.8) is 0 Å². The molecule has 0 aromatic carbocycles. The average Bonchev–Trinajstić information content (AvgIpc) is 2.25. The number of hydrogen-bond acceptors (Lipinski definition) is 3. The molecule has 2 aromatic heterocycles. The van der Waals surface area contributed by atoms with Crippen molar-refractivity contribution in [2.24, 2.45) is 0 Å². The summed E-state index contributed by atoms with van der Waals surface area (Å²) in [7, 11) is 0. The van der Waals surface area contributed by atoms with Crippen molar-refractivity contribution in [1.29, 1.82) is 0 Å². The zero-order chi connectivity index (χ0) is 10.7. The van der Waals surface area contributed by atoms with Gasteiger partial charge in [-0.25, -0.2) is 0 Å². The Balaban J connectivity index is 2.32. The first-order valence-electron chi connectivity index (χ1n) is 4.39. The van der Waals surface area contributed by atoms with E-state index in [1.165, 1.54) is 0 Å². The summed E-state index contributed by atoms with van der Waals surface area (Å²) < 4.78 is 0.614. The predicted molar refractivity (Wildman–Crippen MR) is 61.5 cm³/mol. The highest BCUT2D eigenvalue weighted by atomic mass is 35.5. The van der Waals surface area contributed by atoms with Crippen LogP contribution in [0.4, 0.5) is 0 Å². The maximum atomic E-state index is 5.78. The van der Waals surface area contributed by atoms with Gasteiger partial charge in [-0.05, 0) is 23.3 Å². The lowest BCUT2D eigenvalue weighted by atomic mass is 10.1. The highest BCUT2D eigenvalue weighted by Gasteiger charge is 2.00. The molecule has 0 unspecified atom stereocenters. The molecule has 0 bridgehead atoms. The van der Waals surface area contributed by atoms with Crippen molar-refractivity contribution in [3.05, 3.63) is 51.5 Å². The Labute approximate surface area is 97.1 Å². The van der Waals surface area contributed by atoms with Gasteiger partial charge in [-0.3, -0.25) is 10.1 Å². The van der Waals surface area contributed by atoms with Gasteiger partial charge in [0.05, 0.1) is 0 Å². The van der Waals surface area contributed by atoms with E-state index in [9.17, 15) is 0 Å². The fourth-order valence-electron chi connectivity index (χ4n) is 1.27. The largest absolute Gasteiger partial charge is 0.266 e. The number of H-pyrrole nitrogens is 1. The Morgan fingerprint density at radius 3 is 3.07 bits per heavy atom. The van der Waals surface area contributed by atoms with Crippen molar-refractivity contribution in [1.82, 2.24) is 15.2 Å². The molecule has 2 aromatic rings. The molecule has 5 heteroatoms. The Morgan fingerprint density at radius 2 is 2.33 bits per heavy atom. The Hall–Kier alpha value is -1.26. The highest BCUT2D eigenvalue weighted by molar-refractivity contribution is 7.71. The van der Waals surface area contributed by atoms with Crippen molar-refractivity contribution >= 4 is 23.8 Å². The number of pyridine rings is 1. The summed E-state index contributed by atoms with van der Waals surface area (Å²) in [5, 5.41) is 6.92. The summed E-state index contributed by atoms with van der Waals surface area (Å²) in [4.78, 5) is 4.04. The van der Waals surface area contributed by atoms with E-state index in [-0.39, 0.29) is 0 Å². The molecule has 0 radical (unpaired) electrons. The molecule has 0 aliphatic heterocycles. The fourth-order valence-corrected chi connectivity index (χ4v) is 1.62. The van der Waals surface area contributed by atoms with Crippen LogP contribution in [0.25, 0.3) is 0 Å². The topological polar surface area (TPSA) is 41.6 Å². The lowest BCUT2D eigenvalue weighted by Crippen LogP contribution is -1.94. The van der Waals surface area contributed by atoms with Crippen LogP contribution in [0.2, 0.25) is 5.15 Å². The molecule has 0 fully saturated rings. The molecule has 3 nitrogen and oxygen atoms in total. The average molecular weight is 238 g/mol. The molecule has 2 heterocycles. The van der Waals surface area contributed by atoms with Gasteiger partial charge in [0, 0.05) is 18.8 Å². The van der Waals surface area contributed by atoms with E-state index in [1.807, 2.05) is 18.3 Å². The molecule has 0 saturated carbocycles. The third-order valence-electron chi connectivity index (χ3n) is 1.97. The smallest absolute Gasteiger partial charge is 0.149 e. The quantitative estimate of drug-likeness (QED) is 0.817. The molecule has 0 spiro atoms. The number of aromatic nitrogens is 3. The van der Waals surface area contributed by atoms with Crippen LogP contribution >= 0.6 is 23.8 Å². The maximum absolute atomic E-state index is 5.78. The molecule has 15 heavy (non-hydrogen) atoms. The number of aromatic amines is 1. The second-order valence-corrected chi connectivity index (χ2v) is 3.88. The van der Waals surface area contributed by atoms with Crippen molar-refractivity contribution in [2.75, 3.05) is 0 Å². The first kappa shape index (κ1) is 10.3.